The summed E-state index contributed by atoms with van der Waals surface area (Å²) in [5.74, 6) is 2.77. The number of piperidine rings is 2. The molecule has 28 heavy (non-hydrogen) atoms. The maximum Gasteiger partial charge on any atom is 0.226 e. The van der Waals surface area contributed by atoms with Gasteiger partial charge in [-0.25, -0.2) is 0 Å². The highest BCUT2D eigenvalue weighted by Gasteiger charge is 2.27. The largest absolute Gasteiger partial charge is 0.376 e. The Balaban J connectivity index is 1.37. The van der Waals surface area contributed by atoms with Gasteiger partial charge in [0.25, 0.3) is 0 Å². The summed E-state index contributed by atoms with van der Waals surface area (Å²) in [5.41, 5.74) is 0. The number of carbonyl (C=O) groups is 1. The van der Waals surface area contributed by atoms with Crippen LogP contribution in [0.15, 0.2) is 4.52 Å². The van der Waals surface area contributed by atoms with E-state index < -0.39 is 0 Å². The quantitative estimate of drug-likeness (QED) is 0.677. The number of likely N-dealkylation sites (tertiary alicyclic amines) is 2. The SMILES string of the molecule is CC(C)Cc1nc(CCOC2CCCN(C(=O)CC3CCN(C)CC3)C2)no1. The lowest BCUT2D eigenvalue weighted by Crippen LogP contribution is -2.44. The highest BCUT2D eigenvalue weighted by Crippen LogP contribution is 2.22. The first-order valence-electron chi connectivity index (χ1n) is 10.9. The van der Waals surface area contributed by atoms with Gasteiger partial charge in [0.1, 0.15) is 0 Å². The van der Waals surface area contributed by atoms with Crippen molar-refractivity contribution in [2.45, 2.75) is 64.9 Å². The molecule has 1 atom stereocenters. The Morgan fingerprint density at radius 2 is 2.04 bits per heavy atom. The maximum absolute atomic E-state index is 12.7. The van der Waals surface area contributed by atoms with E-state index in [0.717, 1.165) is 58.3 Å². The van der Waals surface area contributed by atoms with Crippen molar-refractivity contribution in [1.82, 2.24) is 19.9 Å². The smallest absolute Gasteiger partial charge is 0.226 e. The fourth-order valence-corrected chi connectivity index (χ4v) is 4.08. The number of nitrogens with zero attached hydrogens (tertiary/aromatic N) is 4. The summed E-state index contributed by atoms with van der Waals surface area (Å²) in [5, 5.41) is 4.03. The molecular weight excluding hydrogens is 356 g/mol. The highest BCUT2D eigenvalue weighted by molar-refractivity contribution is 5.76. The molecule has 158 valence electrons. The minimum absolute atomic E-state index is 0.122. The van der Waals surface area contributed by atoms with Crippen molar-refractivity contribution in [3.63, 3.8) is 0 Å². The van der Waals surface area contributed by atoms with Crippen molar-refractivity contribution in [1.29, 1.82) is 0 Å². The molecule has 0 aliphatic carbocycles. The molecule has 1 unspecified atom stereocenters. The molecule has 1 aromatic heterocycles. The van der Waals surface area contributed by atoms with E-state index in [1.807, 2.05) is 4.90 Å². The van der Waals surface area contributed by atoms with Gasteiger partial charge in [-0.2, -0.15) is 4.98 Å². The van der Waals surface area contributed by atoms with Gasteiger partial charge in [-0.15, -0.1) is 0 Å². The maximum atomic E-state index is 12.7. The monoisotopic (exact) mass is 392 g/mol. The van der Waals surface area contributed by atoms with Crippen molar-refractivity contribution in [3.05, 3.63) is 11.7 Å². The second-order valence-electron chi connectivity index (χ2n) is 8.88. The third kappa shape index (κ3) is 6.55. The summed E-state index contributed by atoms with van der Waals surface area (Å²) in [6, 6.07) is 0. The van der Waals surface area contributed by atoms with Crippen LogP contribution in [0.3, 0.4) is 0 Å². The van der Waals surface area contributed by atoms with Gasteiger partial charge in [0.2, 0.25) is 11.8 Å². The van der Waals surface area contributed by atoms with E-state index in [2.05, 4.69) is 35.9 Å². The predicted molar refractivity (Wildman–Crippen MR) is 107 cm³/mol. The van der Waals surface area contributed by atoms with Crippen molar-refractivity contribution in [2.75, 3.05) is 39.8 Å². The summed E-state index contributed by atoms with van der Waals surface area (Å²) in [7, 11) is 2.16. The Labute approximate surface area is 168 Å². The zero-order valence-corrected chi connectivity index (χ0v) is 17.7. The van der Waals surface area contributed by atoms with Gasteiger partial charge < -0.3 is 19.1 Å². The molecule has 2 fully saturated rings. The second-order valence-corrected chi connectivity index (χ2v) is 8.88. The number of ether oxygens (including phenoxy) is 1. The number of hydrogen-bond donors (Lipinski definition) is 0. The Kier molecular flexibility index (Phi) is 7.85. The summed E-state index contributed by atoms with van der Waals surface area (Å²) in [4.78, 5) is 21.5. The Bertz CT molecular complexity index is 611. The molecule has 0 aromatic carbocycles. The Morgan fingerprint density at radius 1 is 1.25 bits per heavy atom. The molecule has 1 aromatic rings. The first-order valence-corrected chi connectivity index (χ1v) is 10.9. The molecule has 1 amide bonds. The lowest BCUT2D eigenvalue weighted by atomic mass is 9.93. The molecule has 0 radical (unpaired) electrons. The lowest BCUT2D eigenvalue weighted by Gasteiger charge is -2.35. The predicted octanol–water partition coefficient (Wildman–Crippen LogP) is 2.55. The van der Waals surface area contributed by atoms with Crippen molar-refractivity contribution in [3.8, 4) is 0 Å². The third-order valence-electron chi connectivity index (χ3n) is 5.80. The molecule has 7 nitrogen and oxygen atoms in total. The van der Waals surface area contributed by atoms with Crippen LogP contribution in [0.5, 0.6) is 0 Å². The van der Waals surface area contributed by atoms with E-state index in [0.29, 0.717) is 48.9 Å². The first-order chi connectivity index (χ1) is 13.5. The second kappa shape index (κ2) is 10.3. The Morgan fingerprint density at radius 3 is 2.79 bits per heavy atom. The van der Waals surface area contributed by atoms with Gasteiger partial charge in [0.05, 0.1) is 12.7 Å². The number of amides is 1. The summed E-state index contributed by atoms with van der Waals surface area (Å²) < 4.78 is 11.3. The fourth-order valence-electron chi connectivity index (χ4n) is 4.08. The van der Waals surface area contributed by atoms with Crippen LogP contribution in [0.2, 0.25) is 0 Å². The number of carbonyl (C=O) groups excluding carboxylic acids is 1. The molecule has 3 rings (SSSR count). The van der Waals surface area contributed by atoms with Gasteiger partial charge in [-0.1, -0.05) is 19.0 Å². The molecule has 0 N–H and O–H groups in total. The zero-order valence-electron chi connectivity index (χ0n) is 17.7. The minimum atomic E-state index is 0.122. The topological polar surface area (TPSA) is 71.7 Å². The summed E-state index contributed by atoms with van der Waals surface area (Å²) in [6.07, 6.45) is 6.60. The highest BCUT2D eigenvalue weighted by atomic mass is 16.5. The van der Waals surface area contributed by atoms with Gasteiger partial charge in [0.15, 0.2) is 5.82 Å². The third-order valence-corrected chi connectivity index (χ3v) is 5.80. The normalized spacial score (nSPS) is 22.1. The average molecular weight is 393 g/mol. The standard InChI is InChI=1S/C21H36N4O3/c1-16(2)13-20-22-19(23-28-20)8-12-27-18-5-4-9-25(15-18)21(26)14-17-6-10-24(3)11-7-17/h16-18H,4-15H2,1-3H3. The molecule has 0 bridgehead atoms. The van der Waals surface area contributed by atoms with Gasteiger partial charge >= 0.3 is 0 Å². The number of hydrogen-bond acceptors (Lipinski definition) is 6. The minimum Gasteiger partial charge on any atom is -0.376 e. The molecule has 2 aliphatic heterocycles. The van der Waals surface area contributed by atoms with E-state index in [9.17, 15) is 4.79 Å². The van der Waals surface area contributed by atoms with E-state index >= 15 is 0 Å². The van der Waals surface area contributed by atoms with Crippen LogP contribution < -0.4 is 0 Å². The van der Waals surface area contributed by atoms with Gasteiger partial charge in [-0.05, 0) is 57.7 Å². The van der Waals surface area contributed by atoms with Crippen LogP contribution >= 0.6 is 0 Å². The van der Waals surface area contributed by atoms with Crippen molar-refractivity contribution in [2.24, 2.45) is 11.8 Å². The number of rotatable bonds is 8. The van der Waals surface area contributed by atoms with Crippen LogP contribution in [0.25, 0.3) is 0 Å². The molecular formula is C21H36N4O3. The molecule has 0 saturated carbocycles. The van der Waals surface area contributed by atoms with Gasteiger partial charge in [-0.3, -0.25) is 4.79 Å². The first kappa shape index (κ1) is 21.2. The van der Waals surface area contributed by atoms with Crippen LogP contribution in [0.1, 0.15) is 57.7 Å². The molecule has 2 saturated heterocycles. The lowest BCUT2D eigenvalue weighted by molar-refractivity contribution is -0.136. The fraction of sp³-hybridized carbons (Fsp3) is 0.857. The van der Waals surface area contributed by atoms with Crippen LogP contribution in [-0.4, -0.2) is 71.8 Å². The molecule has 0 spiro atoms. The molecule has 2 aliphatic rings. The Hall–Kier alpha value is -1.47. The molecule has 3 heterocycles. The average Bonchev–Trinajstić information content (AvgIpc) is 3.10. The van der Waals surface area contributed by atoms with Crippen LogP contribution in [0.4, 0.5) is 0 Å². The summed E-state index contributed by atoms with van der Waals surface area (Å²) in [6.45, 7) is 8.65. The van der Waals surface area contributed by atoms with Crippen molar-refractivity contribution >= 4 is 5.91 Å². The van der Waals surface area contributed by atoms with Crippen LogP contribution in [0, 0.1) is 11.8 Å². The van der Waals surface area contributed by atoms with Crippen LogP contribution in [-0.2, 0) is 22.4 Å². The van der Waals surface area contributed by atoms with E-state index in [4.69, 9.17) is 9.26 Å². The van der Waals surface area contributed by atoms with Crippen molar-refractivity contribution < 1.29 is 14.1 Å². The van der Waals surface area contributed by atoms with E-state index in [-0.39, 0.29) is 6.10 Å². The number of aromatic nitrogens is 2. The van der Waals surface area contributed by atoms with E-state index in [1.54, 1.807) is 0 Å². The van der Waals surface area contributed by atoms with E-state index in [1.165, 1.54) is 0 Å². The molecule has 7 heteroatoms. The summed E-state index contributed by atoms with van der Waals surface area (Å²) >= 11 is 0. The van der Waals surface area contributed by atoms with Gasteiger partial charge in [0, 0.05) is 32.4 Å². The zero-order chi connectivity index (χ0) is 19.9.